The van der Waals surface area contributed by atoms with Crippen molar-refractivity contribution >= 4 is 12.4 Å². The molecule has 1 N–H and O–H groups in total. The maximum atomic E-state index is 2.08. The van der Waals surface area contributed by atoms with Crippen LogP contribution in [0.5, 0.6) is 0 Å². The summed E-state index contributed by atoms with van der Waals surface area (Å²) in [5.41, 5.74) is 0. The van der Waals surface area contributed by atoms with Gasteiger partial charge in [-0.2, -0.15) is 0 Å². The highest BCUT2D eigenvalue weighted by Crippen LogP contribution is 0.864. The normalized spacial score (nSPS) is 7.20. The number of nitrogens with one attached hydrogen (secondary N) is 1. The van der Waals surface area contributed by atoms with Crippen LogP contribution in [0.3, 0.4) is 0 Å². The van der Waals surface area contributed by atoms with E-state index in [0.29, 0.717) is 0 Å². The Hall–Kier alpha value is 0.250. The molecule has 0 amide bonds. The number of rotatable bonds is 0. The molecule has 5 heavy (non-hydrogen) atoms. The molecule has 0 spiro atoms. The van der Waals surface area contributed by atoms with Gasteiger partial charge in [0, 0.05) is 0 Å². The predicted octanol–water partition coefficient (Wildman–Crippen LogP) is -0.817. The van der Waals surface area contributed by atoms with Gasteiger partial charge in [0.1, 0.15) is 0 Å². The van der Waals surface area contributed by atoms with Gasteiger partial charge < -0.3 is 4.90 Å². The molecule has 0 fully saturated rings. The van der Waals surface area contributed by atoms with Crippen molar-refractivity contribution in [2.24, 2.45) is 0 Å². The first-order valence-corrected chi connectivity index (χ1v) is 1.50. The fourth-order valence-electron chi connectivity index (χ4n) is 0. The minimum absolute atomic E-state index is 0. The SMILES string of the molecule is C[NH+](C)C.Cl. The molecule has 0 unspecified atom stereocenters. The van der Waals surface area contributed by atoms with E-state index >= 15 is 0 Å². The lowest BCUT2D eigenvalue weighted by atomic mass is 11.0. The lowest BCUT2D eigenvalue weighted by Gasteiger charge is -1.88. The van der Waals surface area contributed by atoms with Crippen LogP contribution in [-0.2, 0) is 0 Å². The highest BCUT2D eigenvalue weighted by Gasteiger charge is 1.61. The topological polar surface area (TPSA) is 4.44 Å². The first-order valence-electron chi connectivity index (χ1n) is 1.50. The molecule has 1 nitrogen and oxygen atoms in total. The van der Waals surface area contributed by atoms with Crippen molar-refractivity contribution in [2.75, 3.05) is 21.1 Å². The van der Waals surface area contributed by atoms with Gasteiger partial charge in [-0.25, -0.2) is 0 Å². The number of hydrogen-bond acceptors (Lipinski definition) is 0. The quantitative estimate of drug-likeness (QED) is 0.402. The van der Waals surface area contributed by atoms with Crippen LogP contribution in [0.4, 0.5) is 0 Å². The van der Waals surface area contributed by atoms with Crippen LogP contribution >= 0.6 is 12.4 Å². The summed E-state index contributed by atoms with van der Waals surface area (Å²) in [4.78, 5) is 1.42. The average molecular weight is 96.6 g/mol. The minimum Gasteiger partial charge on any atom is -0.342 e. The molecular formula is C3H11ClN+. The van der Waals surface area contributed by atoms with Crippen LogP contribution in [-0.4, -0.2) is 21.1 Å². The molecule has 0 aliphatic rings. The Bertz CT molecular complexity index is 11.6. The van der Waals surface area contributed by atoms with Gasteiger partial charge in [0.2, 0.25) is 0 Å². The summed E-state index contributed by atoms with van der Waals surface area (Å²) in [7, 11) is 6.25. The molecule has 0 aromatic carbocycles. The molecule has 34 valence electrons. The number of halogens is 1. The summed E-state index contributed by atoms with van der Waals surface area (Å²) in [5, 5.41) is 0. The maximum absolute atomic E-state index is 2.08. The van der Waals surface area contributed by atoms with Gasteiger partial charge in [-0.05, 0) is 0 Å². The smallest absolute Gasteiger partial charge is 0.0661 e. The predicted molar refractivity (Wildman–Crippen MR) is 26.0 cm³/mol. The third-order valence-electron chi connectivity index (χ3n) is 0. The molecule has 0 aliphatic heterocycles. The molecule has 0 rings (SSSR count). The van der Waals surface area contributed by atoms with Crippen LogP contribution in [0.25, 0.3) is 0 Å². The van der Waals surface area contributed by atoms with Gasteiger partial charge in [-0.3, -0.25) is 0 Å². The van der Waals surface area contributed by atoms with Gasteiger partial charge in [0.15, 0.2) is 0 Å². The Morgan fingerprint density at radius 1 is 1.00 bits per heavy atom. The molecule has 0 bridgehead atoms. The highest BCUT2D eigenvalue weighted by molar-refractivity contribution is 5.85. The van der Waals surface area contributed by atoms with Gasteiger partial charge in [-0.1, -0.05) is 0 Å². The van der Waals surface area contributed by atoms with Crippen LogP contribution in [0.15, 0.2) is 0 Å². The highest BCUT2D eigenvalue weighted by atomic mass is 35.5. The Kier molecular flexibility index (Phi) is 7.63. The van der Waals surface area contributed by atoms with Crippen molar-refractivity contribution in [3.05, 3.63) is 0 Å². The molecule has 0 aromatic rings. The van der Waals surface area contributed by atoms with E-state index in [4.69, 9.17) is 0 Å². The van der Waals surface area contributed by atoms with Gasteiger partial charge in [-0.15, -0.1) is 12.4 Å². The zero-order chi connectivity index (χ0) is 3.58. The molecule has 0 saturated heterocycles. The van der Waals surface area contributed by atoms with E-state index in [0.717, 1.165) is 0 Å². The summed E-state index contributed by atoms with van der Waals surface area (Å²) >= 11 is 0. The van der Waals surface area contributed by atoms with Crippen LogP contribution < -0.4 is 4.90 Å². The van der Waals surface area contributed by atoms with E-state index in [2.05, 4.69) is 21.1 Å². The van der Waals surface area contributed by atoms with Crippen LogP contribution in [0.2, 0.25) is 0 Å². The molecule has 0 heterocycles. The zero-order valence-corrected chi connectivity index (χ0v) is 4.72. The monoisotopic (exact) mass is 96.1 g/mol. The molecule has 0 atom stereocenters. The first-order chi connectivity index (χ1) is 1.73. The average Bonchev–Trinajstić information content (AvgIpc) is 0.811. The van der Waals surface area contributed by atoms with Crippen molar-refractivity contribution < 1.29 is 4.90 Å². The van der Waals surface area contributed by atoms with Crippen molar-refractivity contribution in [3.63, 3.8) is 0 Å². The lowest BCUT2D eigenvalue weighted by Crippen LogP contribution is -3.02. The summed E-state index contributed by atoms with van der Waals surface area (Å²) in [5.74, 6) is 0. The number of hydrogen-bond donors (Lipinski definition) is 1. The van der Waals surface area contributed by atoms with Gasteiger partial charge in [0.05, 0.1) is 21.1 Å². The Morgan fingerprint density at radius 2 is 1.00 bits per heavy atom. The Labute approximate surface area is 39.4 Å². The second-order valence-corrected chi connectivity index (χ2v) is 1.50. The van der Waals surface area contributed by atoms with Gasteiger partial charge >= 0.3 is 0 Å². The largest absolute Gasteiger partial charge is 0.342 e. The molecule has 0 aromatic heterocycles. The van der Waals surface area contributed by atoms with Crippen molar-refractivity contribution in [2.45, 2.75) is 0 Å². The second kappa shape index (κ2) is 4.25. The molecule has 0 aliphatic carbocycles. The molecule has 2 heteroatoms. The Balaban J connectivity index is 0. The van der Waals surface area contributed by atoms with E-state index < -0.39 is 0 Å². The first kappa shape index (κ1) is 8.98. The van der Waals surface area contributed by atoms with E-state index in [-0.39, 0.29) is 12.4 Å². The Morgan fingerprint density at radius 3 is 1.00 bits per heavy atom. The number of quaternary nitrogens is 1. The van der Waals surface area contributed by atoms with Crippen molar-refractivity contribution in [1.82, 2.24) is 0 Å². The van der Waals surface area contributed by atoms with E-state index in [9.17, 15) is 0 Å². The third kappa shape index (κ3) is 344. The maximum Gasteiger partial charge on any atom is 0.0661 e. The van der Waals surface area contributed by atoms with Crippen molar-refractivity contribution in [3.8, 4) is 0 Å². The lowest BCUT2D eigenvalue weighted by molar-refractivity contribution is -0.836. The van der Waals surface area contributed by atoms with Crippen LogP contribution in [0.1, 0.15) is 0 Å². The van der Waals surface area contributed by atoms with E-state index in [1.807, 2.05) is 0 Å². The van der Waals surface area contributed by atoms with E-state index in [1.165, 1.54) is 4.90 Å². The third-order valence-corrected chi connectivity index (χ3v) is 0. The molecular weight excluding hydrogens is 85.5 g/mol. The summed E-state index contributed by atoms with van der Waals surface area (Å²) < 4.78 is 0. The zero-order valence-electron chi connectivity index (χ0n) is 3.91. The minimum atomic E-state index is 0. The van der Waals surface area contributed by atoms with Crippen molar-refractivity contribution in [1.29, 1.82) is 0 Å². The second-order valence-electron chi connectivity index (χ2n) is 1.50. The fourth-order valence-corrected chi connectivity index (χ4v) is 0. The summed E-state index contributed by atoms with van der Waals surface area (Å²) in [6, 6.07) is 0. The summed E-state index contributed by atoms with van der Waals surface area (Å²) in [6.45, 7) is 0. The molecule has 0 radical (unpaired) electrons. The van der Waals surface area contributed by atoms with E-state index in [1.54, 1.807) is 0 Å². The van der Waals surface area contributed by atoms with Crippen LogP contribution in [0, 0.1) is 0 Å². The van der Waals surface area contributed by atoms with Gasteiger partial charge in [0.25, 0.3) is 0 Å². The summed E-state index contributed by atoms with van der Waals surface area (Å²) in [6.07, 6.45) is 0. The molecule has 0 saturated carbocycles. The fraction of sp³-hybridized carbons (Fsp3) is 1.00. The standard InChI is InChI=1S/C3H9N.ClH/c1-4(2)3;/h1-3H3;1H/p+1.